The second-order valence-electron chi connectivity index (χ2n) is 4.46. The monoisotopic (exact) mass is 349 g/mol. The number of hydrogen-bond acceptors (Lipinski definition) is 4. The van der Waals surface area contributed by atoms with Crippen LogP contribution in [0.4, 0.5) is 0 Å². The predicted octanol–water partition coefficient (Wildman–Crippen LogP) is 3.76. The van der Waals surface area contributed by atoms with Crippen LogP contribution in [-0.4, -0.2) is 24.7 Å². The summed E-state index contributed by atoms with van der Waals surface area (Å²) in [5, 5.41) is 0. The van der Waals surface area contributed by atoms with Gasteiger partial charge in [0.2, 0.25) is 0 Å². The zero-order valence-electron chi connectivity index (χ0n) is 11.9. The molecular weight excluding hydrogens is 334 g/mol. The van der Waals surface area contributed by atoms with Crippen molar-refractivity contribution in [3.8, 4) is 11.1 Å². The van der Waals surface area contributed by atoms with Gasteiger partial charge in [0, 0.05) is 11.8 Å². The summed E-state index contributed by atoms with van der Waals surface area (Å²) in [4.78, 5) is 15.4. The molecule has 0 aliphatic carbocycles. The summed E-state index contributed by atoms with van der Waals surface area (Å²) in [6.45, 7) is 1.84. The molecule has 2 rings (SSSR count). The van der Waals surface area contributed by atoms with E-state index in [1.807, 2.05) is 43.3 Å². The molecule has 1 aromatic heterocycles. The van der Waals surface area contributed by atoms with Crippen LogP contribution in [0, 0.1) is 0 Å². The lowest BCUT2D eigenvalue weighted by molar-refractivity contribution is -0.147. The Morgan fingerprint density at radius 1 is 1.24 bits per heavy atom. The molecule has 0 saturated carbocycles. The van der Waals surface area contributed by atoms with Gasteiger partial charge in [-0.2, -0.15) is 0 Å². The van der Waals surface area contributed by atoms with Gasteiger partial charge in [-0.25, -0.2) is 9.78 Å². The van der Waals surface area contributed by atoms with Crippen molar-refractivity contribution < 1.29 is 14.3 Å². The molecule has 5 heteroatoms. The van der Waals surface area contributed by atoms with E-state index in [9.17, 15) is 4.79 Å². The number of methoxy groups -OCH3 is 1. The molecule has 4 nitrogen and oxygen atoms in total. The van der Waals surface area contributed by atoms with E-state index in [1.165, 1.54) is 7.11 Å². The molecule has 1 aromatic carbocycles. The van der Waals surface area contributed by atoms with Crippen LogP contribution >= 0.6 is 15.9 Å². The Morgan fingerprint density at radius 3 is 2.67 bits per heavy atom. The molecule has 0 saturated heterocycles. The van der Waals surface area contributed by atoms with Crippen molar-refractivity contribution in [2.24, 2.45) is 0 Å². The van der Waals surface area contributed by atoms with E-state index in [0.717, 1.165) is 21.3 Å². The van der Waals surface area contributed by atoms with E-state index in [-0.39, 0.29) is 18.7 Å². The van der Waals surface area contributed by atoms with Crippen LogP contribution in [-0.2, 0) is 14.3 Å². The van der Waals surface area contributed by atoms with E-state index in [0.29, 0.717) is 0 Å². The number of benzene rings is 1. The number of pyridine rings is 1. The molecule has 0 aliphatic rings. The van der Waals surface area contributed by atoms with Crippen LogP contribution in [0.5, 0.6) is 0 Å². The highest BCUT2D eigenvalue weighted by Crippen LogP contribution is 2.33. The summed E-state index contributed by atoms with van der Waals surface area (Å²) in [5.41, 5.74) is 3.01. The van der Waals surface area contributed by atoms with Gasteiger partial charge in [0.05, 0.1) is 13.2 Å². The fourth-order valence-electron chi connectivity index (χ4n) is 2.03. The van der Waals surface area contributed by atoms with E-state index in [1.54, 1.807) is 6.20 Å². The fraction of sp³-hybridized carbons (Fsp3) is 0.250. The molecular formula is C16H16BrNO3. The summed E-state index contributed by atoms with van der Waals surface area (Å²) < 4.78 is 10.9. The number of nitrogens with zero attached hydrogens (tertiary/aromatic N) is 1. The average Bonchev–Trinajstić information content (AvgIpc) is 2.52. The highest BCUT2D eigenvalue weighted by molar-refractivity contribution is 9.10. The Hall–Kier alpha value is -1.72. The summed E-state index contributed by atoms with van der Waals surface area (Å²) in [5.74, 6) is -0.387. The largest absolute Gasteiger partial charge is 0.467 e. The van der Waals surface area contributed by atoms with Gasteiger partial charge in [-0.3, -0.25) is 0 Å². The first-order valence-corrected chi connectivity index (χ1v) is 7.31. The minimum atomic E-state index is -0.387. The molecule has 110 valence electrons. The zero-order chi connectivity index (χ0) is 15.2. The van der Waals surface area contributed by atoms with Gasteiger partial charge >= 0.3 is 5.97 Å². The Bertz CT molecular complexity index is 630. The molecule has 2 aromatic rings. The SMILES string of the molecule is COC(=O)COC(C)c1ccccc1-c1cccnc1Br. The van der Waals surface area contributed by atoms with Crippen molar-refractivity contribution in [1.82, 2.24) is 4.98 Å². The summed E-state index contributed by atoms with van der Waals surface area (Å²) >= 11 is 3.46. The highest BCUT2D eigenvalue weighted by atomic mass is 79.9. The van der Waals surface area contributed by atoms with E-state index in [4.69, 9.17) is 4.74 Å². The van der Waals surface area contributed by atoms with Crippen LogP contribution < -0.4 is 0 Å². The number of carbonyl (C=O) groups is 1. The molecule has 0 aliphatic heterocycles. The van der Waals surface area contributed by atoms with Gasteiger partial charge in [-0.05, 0) is 40.0 Å². The maximum absolute atomic E-state index is 11.2. The average molecular weight is 350 g/mol. The minimum absolute atomic E-state index is 0.0692. The molecule has 1 heterocycles. The molecule has 1 atom stereocenters. The first-order chi connectivity index (χ1) is 10.1. The number of esters is 1. The quantitative estimate of drug-likeness (QED) is 0.609. The van der Waals surface area contributed by atoms with Crippen molar-refractivity contribution in [2.75, 3.05) is 13.7 Å². The van der Waals surface area contributed by atoms with E-state index >= 15 is 0 Å². The van der Waals surface area contributed by atoms with Crippen LogP contribution in [0.2, 0.25) is 0 Å². The maximum atomic E-state index is 11.2. The summed E-state index contributed by atoms with van der Waals surface area (Å²) in [6, 6.07) is 11.8. The van der Waals surface area contributed by atoms with Gasteiger partial charge < -0.3 is 9.47 Å². The smallest absolute Gasteiger partial charge is 0.331 e. The van der Waals surface area contributed by atoms with Crippen molar-refractivity contribution >= 4 is 21.9 Å². The first-order valence-electron chi connectivity index (χ1n) is 6.51. The second-order valence-corrected chi connectivity index (χ2v) is 5.21. The summed E-state index contributed by atoms with van der Waals surface area (Å²) in [7, 11) is 1.34. The zero-order valence-corrected chi connectivity index (χ0v) is 13.5. The van der Waals surface area contributed by atoms with Gasteiger partial charge in [0.15, 0.2) is 0 Å². The topological polar surface area (TPSA) is 48.4 Å². The third kappa shape index (κ3) is 3.89. The predicted molar refractivity (Wildman–Crippen MR) is 83.8 cm³/mol. The van der Waals surface area contributed by atoms with E-state index < -0.39 is 0 Å². The lowest BCUT2D eigenvalue weighted by Crippen LogP contribution is -2.13. The van der Waals surface area contributed by atoms with Crippen molar-refractivity contribution in [2.45, 2.75) is 13.0 Å². The lowest BCUT2D eigenvalue weighted by atomic mass is 9.98. The number of halogens is 1. The number of aromatic nitrogens is 1. The van der Waals surface area contributed by atoms with Crippen molar-refractivity contribution in [3.05, 3.63) is 52.8 Å². The fourth-order valence-corrected chi connectivity index (χ4v) is 2.49. The number of ether oxygens (including phenoxy) is 2. The van der Waals surface area contributed by atoms with E-state index in [2.05, 4.69) is 25.7 Å². The number of hydrogen-bond donors (Lipinski definition) is 0. The first kappa shape index (κ1) is 15.7. The molecule has 0 N–H and O–H groups in total. The molecule has 0 amide bonds. The van der Waals surface area contributed by atoms with Crippen molar-refractivity contribution in [1.29, 1.82) is 0 Å². The Morgan fingerprint density at radius 2 is 1.95 bits per heavy atom. The lowest BCUT2D eigenvalue weighted by Gasteiger charge is -2.17. The molecule has 0 fully saturated rings. The Kier molecular flexibility index (Phi) is 5.47. The van der Waals surface area contributed by atoms with Crippen LogP contribution in [0.1, 0.15) is 18.6 Å². The number of carbonyl (C=O) groups excluding carboxylic acids is 1. The second kappa shape index (κ2) is 7.33. The van der Waals surface area contributed by atoms with Gasteiger partial charge in [0.1, 0.15) is 11.2 Å². The minimum Gasteiger partial charge on any atom is -0.467 e. The molecule has 0 bridgehead atoms. The highest BCUT2D eigenvalue weighted by Gasteiger charge is 2.15. The van der Waals surface area contributed by atoms with Crippen LogP contribution in [0.3, 0.4) is 0 Å². The van der Waals surface area contributed by atoms with Crippen LogP contribution in [0.15, 0.2) is 47.2 Å². The standard InChI is InChI=1S/C16H16BrNO3/c1-11(21-10-15(19)20-2)12-6-3-4-7-13(12)14-8-5-9-18-16(14)17/h3-9,11H,10H2,1-2H3. The molecule has 1 unspecified atom stereocenters. The molecule has 0 spiro atoms. The van der Waals surface area contributed by atoms with Crippen molar-refractivity contribution in [3.63, 3.8) is 0 Å². The molecule has 21 heavy (non-hydrogen) atoms. The maximum Gasteiger partial charge on any atom is 0.331 e. The normalized spacial score (nSPS) is 12.0. The molecule has 0 radical (unpaired) electrons. The Balaban J connectivity index is 2.29. The third-order valence-corrected chi connectivity index (χ3v) is 3.76. The third-order valence-electron chi connectivity index (χ3n) is 3.13. The number of rotatable bonds is 5. The van der Waals surface area contributed by atoms with Gasteiger partial charge in [-0.1, -0.05) is 30.3 Å². The van der Waals surface area contributed by atoms with Gasteiger partial charge in [0.25, 0.3) is 0 Å². The Labute approximate surface area is 132 Å². The summed E-state index contributed by atoms with van der Waals surface area (Å²) in [6.07, 6.45) is 1.50. The van der Waals surface area contributed by atoms with Gasteiger partial charge in [-0.15, -0.1) is 0 Å². The van der Waals surface area contributed by atoms with Crippen LogP contribution in [0.25, 0.3) is 11.1 Å².